The third-order valence-corrected chi connectivity index (χ3v) is 14.9. The Morgan fingerprint density at radius 2 is 1.05 bits per heavy atom. The number of aliphatic carboxylic acids is 3. The molecule has 510 valence electrons. The highest BCUT2D eigenvalue weighted by Crippen LogP contribution is 2.20. The van der Waals surface area contributed by atoms with Gasteiger partial charge >= 0.3 is 17.9 Å². The second-order valence-corrected chi connectivity index (χ2v) is 23.5. The van der Waals surface area contributed by atoms with Crippen LogP contribution in [0.5, 0.6) is 0 Å². The molecule has 0 aliphatic carbocycles. The number of nitrogens with two attached hydrogens (primary N) is 4. The van der Waals surface area contributed by atoms with Gasteiger partial charge in [0.2, 0.25) is 70.9 Å². The molecule has 12 atom stereocenters. The molecule has 0 unspecified atom stereocenters. The summed E-state index contributed by atoms with van der Waals surface area (Å²) in [5, 5.41) is 50.5. The summed E-state index contributed by atoms with van der Waals surface area (Å²) in [5.41, 5.74) is 22.9. The van der Waals surface area contributed by atoms with Gasteiger partial charge in [-0.2, -0.15) is 0 Å². The van der Waals surface area contributed by atoms with Crippen molar-refractivity contribution in [2.75, 3.05) is 13.1 Å². The summed E-state index contributed by atoms with van der Waals surface area (Å²) < 4.78 is 0. The Kier molecular flexibility index (Phi) is 33.8. The molecule has 1 saturated heterocycles. The Bertz CT molecular complexity index is 2690. The highest BCUT2D eigenvalue weighted by atomic mass is 16.4. The predicted octanol–water partition coefficient (Wildman–Crippen LogP) is -4.12. The van der Waals surface area contributed by atoms with Crippen molar-refractivity contribution in [1.82, 2.24) is 62.7 Å². The number of nitrogens with zero attached hydrogens (tertiary/aromatic N) is 2. The van der Waals surface area contributed by atoms with E-state index < -0.39 is 206 Å². The maximum Gasteiger partial charge on any atom is 0.326 e. The van der Waals surface area contributed by atoms with Crippen LogP contribution in [0.15, 0.2) is 12.5 Å². The second-order valence-electron chi connectivity index (χ2n) is 23.5. The van der Waals surface area contributed by atoms with E-state index in [4.69, 9.17) is 28.0 Å². The number of aromatic amines is 1. The third-order valence-electron chi connectivity index (χ3n) is 14.9. The van der Waals surface area contributed by atoms with Gasteiger partial charge < -0.3 is 96.0 Å². The highest BCUT2D eigenvalue weighted by Gasteiger charge is 2.40. The number of hydrogen-bond acceptors (Lipinski definition) is 18. The first-order valence-corrected chi connectivity index (χ1v) is 30.4. The smallest absolute Gasteiger partial charge is 0.326 e. The minimum atomic E-state index is -1.64. The summed E-state index contributed by atoms with van der Waals surface area (Å²) in [6.45, 7) is 11.7. The van der Waals surface area contributed by atoms with Gasteiger partial charge in [0.25, 0.3) is 0 Å². The molecular weight excluding hydrogens is 1200 g/mol. The molecule has 91 heavy (non-hydrogen) atoms. The predicted molar refractivity (Wildman–Crippen MR) is 323 cm³/mol. The highest BCUT2D eigenvalue weighted by molar-refractivity contribution is 5.99. The van der Waals surface area contributed by atoms with Gasteiger partial charge in [-0.15, -0.1) is 0 Å². The molecule has 0 radical (unpaired) electrons. The summed E-state index contributed by atoms with van der Waals surface area (Å²) in [6, 6.07) is -15.9. The van der Waals surface area contributed by atoms with Crippen molar-refractivity contribution in [2.24, 2.45) is 40.7 Å². The number of nitrogens with one attached hydrogen (secondary N) is 10. The average Bonchev–Trinajstić information content (AvgIpc) is 2.00. The average molecular weight is 1290 g/mol. The topological polar surface area (TPSA) is 561 Å². The van der Waals surface area contributed by atoms with Gasteiger partial charge in [-0.1, -0.05) is 48.0 Å². The standard InChI is InChI=1S/C57H94N16O18/c1-8-30(6)46(72-53(86)40(24-32-26-62-27-63-32)71-54(87)41-13-11-21-73(41)56(89)33(59)25-45(78)79)55(88)67-34(12-9-10-20-58)49(82)69-38(22-28(2)3)52(85)66-36(15-18-43(61)75)50(83)70-39(23-29(4)5)51(84)65-35(14-17-42(60)74)48(81)64-31(7)47(80)68-37(57(90)91)16-19-44(76)77/h26-31,33-41,46H,8-25,58-59H2,1-7H3,(H2,60,74)(H2,61,75)(H,62,63)(H,64,81)(H,65,84)(H,66,85)(H,67,88)(H,68,80)(H,69,82)(H,70,83)(H,71,87)(H,72,86)(H,76,77)(H,78,79)(H,90,91)/t30-,31-,33-,34-,35-,36-,37-,38-,39-,40-,41-,46-/m0/s1. The fourth-order valence-corrected chi connectivity index (χ4v) is 9.67. The number of likely N-dealkylation sites (tertiary alicyclic amines) is 1. The number of amides is 12. The van der Waals surface area contributed by atoms with Crippen LogP contribution in [-0.2, 0) is 78.3 Å². The number of aromatic nitrogens is 2. The van der Waals surface area contributed by atoms with Crippen molar-refractivity contribution in [1.29, 1.82) is 0 Å². The molecule has 0 spiro atoms. The van der Waals surface area contributed by atoms with Crippen molar-refractivity contribution in [3.63, 3.8) is 0 Å². The zero-order valence-corrected chi connectivity index (χ0v) is 52.6. The van der Waals surface area contributed by atoms with E-state index in [-0.39, 0.29) is 63.5 Å². The summed E-state index contributed by atoms with van der Waals surface area (Å²) in [5.74, 6) is -16.3. The lowest BCUT2D eigenvalue weighted by Crippen LogP contribution is -2.61. The Morgan fingerprint density at radius 3 is 1.52 bits per heavy atom. The fraction of sp³-hybridized carbons (Fsp3) is 0.684. The number of rotatable bonds is 43. The van der Waals surface area contributed by atoms with Crippen LogP contribution in [0, 0.1) is 17.8 Å². The largest absolute Gasteiger partial charge is 0.481 e. The molecule has 1 aromatic rings. The third kappa shape index (κ3) is 28.3. The number of hydrogen-bond donors (Lipinski definition) is 17. The van der Waals surface area contributed by atoms with E-state index in [0.717, 1.165) is 0 Å². The van der Waals surface area contributed by atoms with Gasteiger partial charge in [0.05, 0.1) is 18.8 Å². The summed E-state index contributed by atoms with van der Waals surface area (Å²) in [7, 11) is 0. The molecule has 2 heterocycles. The van der Waals surface area contributed by atoms with E-state index in [1.807, 2.05) is 0 Å². The molecule has 1 aliphatic heterocycles. The van der Waals surface area contributed by atoms with Crippen LogP contribution >= 0.6 is 0 Å². The molecule has 12 amide bonds. The molecular formula is C57H94N16O18. The van der Waals surface area contributed by atoms with Crippen molar-refractivity contribution in [3.05, 3.63) is 18.2 Å². The van der Waals surface area contributed by atoms with Crippen molar-refractivity contribution in [3.8, 4) is 0 Å². The van der Waals surface area contributed by atoms with Crippen LogP contribution in [-0.4, -0.2) is 199 Å². The minimum Gasteiger partial charge on any atom is -0.481 e. The van der Waals surface area contributed by atoms with Crippen LogP contribution in [0.3, 0.4) is 0 Å². The van der Waals surface area contributed by atoms with Crippen molar-refractivity contribution < 1.29 is 87.2 Å². The number of imidazole rings is 1. The van der Waals surface area contributed by atoms with E-state index >= 15 is 0 Å². The van der Waals surface area contributed by atoms with Crippen molar-refractivity contribution >= 4 is 88.8 Å². The molecule has 2 rings (SSSR count). The van der Waals surface area contributed by atoms with Crippen LogP contribution in [0.25, 0.3) is 0 Å². The SMILES string of the molecule is CC[C@H](C)[C@H](NC(=O)[C@H](Cc1cnc[nH]1)NC(=O)[C@@H]1CCCN1C(=O)[C@@H](N)CC(=O)O)C(=O)N[C@@H](CCCCN)C(=O)N[C@@H](CC(C)C)C(=O)N[C@@H](CCC(N)=O)C(=O)N[C@@H](CC(C)C)C(=O)N[C@@H](CCC(N)=O)C(=O)N[C@@H](C)C(=O)N[C@@H](CCC(=O)O)C(=O)O. The molecule has 21 N–H and O–H groups in total. The van der Waals surface area contributed by atoms with E-state index in [0.29, 0.717) is 25.0 Å². The number of unbranched alkanes of at least 4 members (excludes halogenated alkanes) is 1. The van der Waals surface area contributed by atoms with E-state index in [1.54, 1.807) is 41.5 Å². The van der Waals surface area contributed by atoms with Crippen LogP contribution in [0.2, 0.25) is 0 Å². The Labute approximate surface area is 526 Å². The van der Waals surface area contributed by atoms with Crippen LogP contribution < -0.4 is 70.8 Å². The zero-order chi connectivity index (χ0) is 68.8. The van der Waals surface area contributed by atoms with E-state index in [1.165, 1.54) is 24.3 Å². The van der Waals surface area contributed by atoms with Gasteiger partial charge in [-0.05, 0) is 95.4 Å². The minimum absolute atomic E-state index is 0.0249. The number of primary amides is 2. The quantitative estimate of drug-likeness (QED) is 0.0276. The molecule has 34 heteroatoms. The van der Waals surface area contributed by atoms with Gasteiger partial charge in [0.15, 0.2) is 0 Å². The van der Waals surface area contributed by atoms with Crippen LogP contribution in [0.1, 0.15) is 150 Å². The first-order valence-electron chi connectivity index (χ1n) is 30.4. The summed E-state index contributed by atoms with van der Waals surface area (Å²) in [6.07, 6.45) is 0.396. The number of carbonyl (C=O) groups excluding carboxylic acids is 12. The zero-order valence-electron chi connectivity index (χ0n) is 52.6. The molecule has 0 bridgehead atoms. The molecule has 0 aromatic carbocycles. The van der Waals surface area contributed by atoms with Crippen LogP contribution in [0.4, 0.5) is 0 Å². The first kappa shape index (κ1) is 78.3. The maximum atomic E-state index is 14.5. The number of H-pyrrole nitrogens is 1. The second kappa shape index (κ2) is 39.3. The molecule has 34 nitrogen and oxygen atoms in total. The molecule has 1 fully saturated rings. The number of carbonyl (C=O) groups is 15. The van der Waals surface area contributed by atoms with Gasteiger partial charge in [0, 0.05) is 44.1 Å². The maximum absolute atomic E-state index is 14.5. The monoisotopic (exact) mass is 1290 g/mol. The summed E-state index contributed by atoms with van der Waals surface area (Å²) in [4.78, 5) is 206. The molecule has 1 aliphatic rings. The Hall–Kier alpha value is -8.82. The molecule has 0 saturated carbocycles. The van der Waals surface area contributed by atoms with E-state index in [2.05, 4.69) is 57.8 Å². The lowest BCUT2D eigenvalue weighted by atomic mass is 9.96. The lowest BCUT2D eigenvalue weighted by Gasteiger charge is -2.30. The Morgan fingerprint density at radius 1 is 0.582 bits per heavy atom. The fourth-order valence-electron chi connectivity index (χ4n) is 9.67. The van der Waals surface area contributed by atoms with Gasteiger partial charge in [-0.3, -0.25) is 67.1 Å². The Balaban J connectivity index is 2.46. The first-order chi connectivity index (χ1) is 42.7. The molecule has 1 aromatic heterocycles. The number of carboxylic acid groups (broad SMARTS) is 3. The van der Waals surface area contributed by atoms with E-state index in [9.17, 15) is 82.1 Å². The van der Waals surface area contributed by atoms with Gasteiger partial charge in [-0.25, -0.2) is 9.78 Å². The van der Waals surface area contributed by atoms with Crippen molar-refractivity contribution in [2.45, 2.75) is 218 Å². The lowest BCUT2D eigenvalue weighted by molar-refractivity contribution is -0.144. The number of carboxylic acids is 3. The normalized spacial score (nSPS) is 16.5. The van der Waals surface area contributed by atoms with Gasteiger partial charge in [0.1, 0.15) is 60.4 Å². The summed E-state index contributed by atoms with van der Waals surface area (Å²) >= 11 is 0.